The molecule has 0 bridgehead atoms. The van der Waals surface area contributed by atoms with Crippen LogP contribution in [0.4, 0.5) is 0 Å². The highest BCUT2D eigenvalue weighted by Gasteiger charge is 2.31. The van der Waals surface area contributed by atoms with Gasteiger partial charge in [0.2, 0.25) is 6.04 Å². The van der Waals surface area contributed by atoms with Crippen molar-refractivity contribution in [2.75, 3.05) is 14.2 Å². The Kier molecular flexibility index (Phi) is 6.92. The zero-order valence-corrected chi connectivity index (χ0v) is 11.0. The van der Waals surface area contributed by atoms with E-state index in [-0.39, 0.29) is 17.3 Å². The lowest BCUT2D eigenvalue weighted by Gasteiger charge is -2.16. The van der Waals surface area contributed by atoms with Gasteiger partial charge >= 0.3 is 11.9 Å². The van der Waals surface area contributed by atoms with Crippen molar-refractivity contribution in [3.8, 4) is 0 Å². The zero-order chi connectivity index (χ0) is 14.3. The van der Waals surface area contributed by atoms with Gasteiger partial charge in [-0.15, -0.1) is 0 Å². The third-order valence-corrected chi connectivity index (χ3v) is 3.04. The first-order valence-electron chi connectivity index (χ1n) is 5.64. The van der Waals surface area contributed by atoms with Crippen LogP contribution in [-0.4, -0.2) is 37.1 Å². The quantitative estimate of drug-likeness (QED) is 0.294. The molecule has 18 heavy (non-hydrogen) atoms. The maximum atomic E-state index is 11.4. The molecule has 0 aliphatic carbocycles. The fraction of sp³-hybridized carbons (Fsp3) is 0.818. The first-order chi connectivity index (χ1) is 8.34. The van der Waals surface area contributed by atoms with Crippen LogP contribution >= 0.6 is 0 Å². The Bertz CT molecular complexity index is 301. The van der Waals surface area contributed by atoms with Crippen molar-refractivity contribution in [1.29, 1.82) is 0 Å². The van der Waals surface area contributed by atoms with Crippen LogP contribution in [-0.2, 0) is 19.1 Å². The molecule has 0 aromatic heterocycles. The summed E-state index contributed by atoms with van der Waals surface area (Å²) in [5.41, 5.74) is 0. The molecule has 0 heterocycles. The van der Waals surface area contributed by atoms with Crippen LogP contribution in [0, 0.1) is 22.0 Å². The summed E-state index contributed by atoms with van der Waals surface area (Å²) in [5.74, 6) is -2.61. The number of carbonyl (C=O) groups is 2. The predicted octanol–water partition coefficient (Wildman–Crippen LogP) is 1.03. The number of carbonyl (C=O) groups excluding carboxylic acids is 2. The van der Waals surface area contributed by atoms with Gasteiger partial charge in [0.15, 0.2) is 5.92 Å². The second kappa shape index (κ2) is 7.62. The van der Waals surface area contributed by atoms with Crippen molar-refractivity contribution >= 4 is 11.9 Å². The Morgan fingerprint density at radius 2 is 1.56 bits per heavy atom. The first kappa shape index (κ1) is 16.3. The topological polar surface area (TPSA) is 95.7 Å². The molecule has 0 N–H and O–H groups in total. The molecule has 2 atom stereocenters. The van der Waals surface area contributed by atoms with Crippen LogP contribution in [0.5, 0.6) is 0 Å². The molecule has 0 aliphatic heterocycles. The molecule has 0 aliphatic rings. The maximum absolute atomic E-state index is 11.4. The van der Waals surface area contributed by atoms with Gasteiger partial charge in [0.25, 0.3) is 0 Å². The Morgan fingerprint density at radius 3 is 1.89 bits per heavy atom. The summed E-state index contributed by atoms with van der Waals surface area (Å²) in [4.78, 5) is 33.0. The molecule has 0 spiro atoms. The second-order valence-electron chi connectivity index (χ2n) is 4.18. The Labute approximate surface area is 106 Å². The summed E-state index contributed by atoms with van der Waals surface area (Å²) < 4.78 is 9.00. The van der Waals surface area contributed by atoms with Gasteiger partial charge in [0.1, 0.15) is 0 Å². The summed E-state index contributed by atoms with van der Waals surface area (Å²) in [6.07, 6.45) is 0.551. The van der Waals surface area contributed by atoms with E-state index < -0.39 is 23.9 Å². The van der Waals surface area contributed by atoms with Crippen molar-refractivity contribution in [3.63, 3.8) is 0 Å². The van der Waals surface area contributed by atoms with Gasteiger partial charge in [0.05, 0.1) is 14.2 Å². The van der Waals surface area contributed by atoms with E-state index in [1.54, 1.807) is 6.92 Å². The van der Waals surface area contributed by atoms with Gasteiger partial charge in [-0.25, -0.2) is 0 Å². The van der Waals surface area contributed by atoms with Crippen LogP contribution in [0.2, 0.25) is 0 Å². The van der Waals surface area contributed by atoms with E-state index in [0.29, 0.717) is 6.42 Å². The minimum Gasteiger partial charge on any atom is -0.468 e. The summed E-state index contributed by atoms with van der Waals surface area (Å²) in [6.45, 7) is 3.20. The molecule has 2 unspecified atom stereocenters. The SMILES string of the molecule is COC(=O)C(CCC(C)C(C)[N+](=O)[O-])C(=O)OC. The summed E-state index contributed by atoms with van der Waals surface area (Å²) in [7, 11) is 2.36. The average molecular weight is 261 g/mol. The minimum atomic E-state index is -1.01. The highest BCUT2D eigenvalue weighted by Crippen LogP contribution is 2.19. The Balaban J connectivity index is 4.48. The first-order valence-corrected chi connectivity index (χ1v) is 5.64. The molecule has 0 amide bonds. The lowest BCUT2D eigenvalue weighted by molar-refractivity contribution is -0.527. The van der Waals surface area contributed by atoms with Crippen LogP contribution in [0.25, 0.3) is 0 Å². The van der Waals surface area contributed by atoms with Gasteiger partial charge in [0, 0.05) is 17.8 Å². The molecule has 0 saturated heterocycles. The maximum Gasteiger partial charge on any atom is 0.320 e. The van der Waals surface area contributed by atoms with E-state index in [1.807, 2.05) is 0 Å². The number of hydrogen-bond donors (Lipinski definition) is 0. The van der Waals surface area contributed by atoms with Crippen molar-refractivity contribution in [2.45, 2.75) is 32.7 Å². The van der Waals surface area contributed by atoms with Gasteiger partial charge in [-0.3, -0.25) is 19.7 Å². The summed E-state index contributed by atoms with van der Waals surface area (Å²) >= 11 is 0. The normalized spacial score (nSPS) is 13.8. The molecule has 7 heteroatoms. The molecule has 0 aromatic rings. The standard InChI is InChI=1S/C11H19NO6/c1-7(8(2)12(15)16)5-6-9(10(13)17-3)11(14)18-4/h7-9H,5-6H2,1-4H3. The Morgan fingerprint density at radius 1 is 1.11 bits per heavy atom. The van der Waals surface area contributed by atoms with Crippen molar-refractivity contribution in [1.82, 2.24) is 0 Å². The number of methoxy groups -OCH3 is 2. The van der Waals surface area contributed by atoms with Gasteiger partial charge in [-0.1, -0.05) is 6.92 Å². The molecular weight excluding hydrogens is 242 g/mol. The highest BCUT2D eigenvalue weighted by atomic mass is 16.6. The van der Waals surface area contributed by atoms with Crippen LogP contribution in [0.15, 0.2) is 0 Å². The van der Waals surface area contributed by atoms with E-state index >= 15 is 0 Å². The van der Waals surface area contributed by atoms with Crippen LogP contribution in [0.3, 0.4) is 0 Å². The largest absolute Gasteiger partial charge is 0.468 e. The third-order valence-electron chi connectivity index (χ3n) is 3.04. The highest BCUT2D eigenvalue weighted by molar-refractivity contribution is 5.94. The van der Waals surface area contributed by atoms with E-state index in [2.05, 4.69) is 9.47 Å². The number of esters is 2. The van der Waals surface area contributed by atoms with Gasteiger partial charge in [-0.2, -0.15) is 0 Å². The van der Waals surface area contributed by atoms with Crippen molar-refractivity contribution in [2.24, 2.45) is 11.8 Å². The predicted molar refractivity (Wildman–Crippen MR) is 62.4 cm³/mol. The number of nitro groups is 1. The molecule has 0 radical (unpaired) electrons. The number of hydrogen-bond acceptors (Lipinski definition) is 6. The summed E-state index contributed by atoms with van der Waals surface area (Å²) in [6, 6.07) is -0.721. The van der Waals surface area contributed by atoms with Crippen LogP contribution in [0.1, 0.15) is 26.7 Å². The van der Waals surface area contributed by atoms with E-state index in [9.17, 15) is 19.7 Å². The van der Waals surface area contributed by atoms with E-state index in [1.165, 1.54) is 21.1 Å². The van der Waals surface area contributed by atoms with Crippen molar-refractivity contribution < 1.29 is 24.0 Å². The second-order valence-corrected chi connectivity index (χ2v) is 4.18. The molecule has 0 fully saturated rings. The molecule has 0 aromatic carbocycles. The van der Waals surface area contributed by atoms with Gasteiger partial charge in [-0.05, 0) is 12.8 Å². The zero-order valence-electron chi connectivity index (χ0n) is 11.0. The third kappa shape index (κ3) is 4.68. The number of ether oxygens (including phenoxy) is 2. The molecular formula is C11H19NO6. The lowest BCUT2D eigenvalue weighted by Crippen LogP contribution is -2.29. The average Bonchev–Trinajstić information content (AvgIpc) is 2.36. The lowest BCUT2D eigenvalue weighted by atomic mass is 9.93. The van der Waals surface area contributed by atoms with E-state index in [4.69, 9.17) is 0 Å². The number of nitrogens with zero attached hydrogens (tertiary/aromatic N) is 1. The smallest absolute Gasteiger partial charge is 0.320 e. The van der Waals surface area contributed by atoms with Crippen molar-refractivity contribution in [3.05, 3.63) is 10.1 Å². The summed E-state index contributed by atoms with van der Waals surface area (Å²) in [5, 5.41) is 10.6. The Hall–Kier alpha value is -1.66. The fourth-order valence-corrected chi connectivity index (χ4v) is 1.49. The fourth-order valence-electron chi connectivity index (χ4n) is 1.49. The minimum absolute atomic E-state index is 0.179. The molecule has 0 saturated carbocycles. The van der Waals surface area contributed by atoms with Gasteiger partial charge < -0.3 is 9.47 Å². The molecule has 104 valence electrons. The monoisotopic (exact) mass is 261 g/mol. The van der Waals surface area contributed by atoms with E-state index in [0.717, 1.165) is 0 Å². The van der Waals surface area contributed by atoms with Crippen LogP contribution < -0.4 is 0 Å². The molecule has 0 rings (SSSR count). The number of rotatable bonds is 7. The molecule has 7 nitrogen and oxygen atoms in total.